The van der Waals surface area contributed by atoms with Gasteiger partial charge in [-0.3, -0.25) is 4.79 Å². The Labute approximate surface area is 99.7 Å². The average molecular weight is 256 g/mol. The van der Waals surface area contributed by atoms with E-state index >= 15 is 0 Å². The molecular weight excluding hydrogens is 248 g/mol. The first-order chi connectivity index (χ1) is 7.25. The number of aromatic nitrogens is 2. The topological polar surface area (TPSA) is 42.9 Å². The van der Waals surface area contributed by atoms with E-state index in [4.69, 9.17) is 0 Å². The molecule has 78 valence electrons. The lowest BCUT2D eigenvalue weighted by atomic mass is 10.4. The molecule has 0 aliphatic heterocycles. The molecule has 0 bridgehead atoms. The van der Waals surface area contributed by atoms with E-state index in [1.54, 1.807) is 0 Å². The molecule has 0 saturated carbocycles. The molecule has 2 aromatic heterocycles. The van der Waals surface area contributed by atoms with E-state index in [1.165, 1.54) is 34.6 Å². The van der Waals surface area contributed by atoms with Gasteiger partial charge in [-0.15, -0.1) is 11.3 Å². The van der Waals surface area contributed by atoms with Crippen LogP contribution in [0.15, 0.2) is 21.9 Å². The predicted octanol–water partition coefficient (Wildman–Crippen LogP) is 2.88. The zero-order valence-electron chi connectivity index (χ0n) is 7.97. The first-order valence-corrected chi connectivity index (χ1v) is 6.89. The zero-order valence-corrected chi connectivity index (χ0v) is 10.4. The quantitative estimate of drug-likeness (QED) is 0.623. The monoisotopic (exact) mass is 256 g/mol. The van der Waals surface area contributed by atoms with E-state index in [-0.39, 0.29) is 5.78 Å². The summed E-state index contributed by atoms with van der Waals surface area (Å²) in [6.45, 7) is 1.85. The summed E-state index contributed by atoms with van der Waals surface area (Å²) >= 11 is 4.27. The fourth-order valence-corrected chi connectivity index (χ4v) is 3.26. The molecule has 0 spiro atoms. The molecule has 6 heteroatoms. The molecule has 3 nitrogen and oxygen atoms in total. The number of thiophene rings is 1. The number of Topliss-reactive ketones (excluding diaryl/α,β-unsaturated/α-hetero) is 1. The maximum absolute atomic E-state index is 11.6. The van der Waals surface area contributed by atoms with Crippen molar-refractivity contribution in [1.82, 2.24) is 9.36 Å². The lowest BCUT2D eigenvalue weighted by molar-refractivity contribution is 0.102. The van der Waals surface area contributed by atoms with E-state index in [0.717, 1.165) is 15.0 Å². The molecule has 15 heavy (non-hydrogen) atoms. The van der Waals surface area contributed by atoms with Gasteiger partial charge in [0, 0.05) is 0 Å². The van der Waals surface area contributed by atoms with Crippen molar-refractivity contribution in [3.05, 3.63) is 28.2 Å². The van der Waals surface area contributed by atoms with Gasteiger partial charge in [0.05, 0.1) is 10.6 Å². The Morgan fingerprint density at radius 1 is 1.60 bits per heavy atom. The zero-order chi connectivity index (χ0) is 10.7. The maximum Gasteiger partial charge on any atom is 0.183 e. The van der Waals surface area contributed by atoms with Crippen molar-refractivity contribution in [1.29, 1.82) is 0 Å². The fraction of sp³-hybridized carbons (Fsp3) is 0.222. The van der Waals surface area contributed by atoms with Crippen LogP contribution in [0.5, 0.6) is 0 Å². The lowest BCUT2D eigenvalue weighted by Gasteiger charge is -1.93. The van der Waals surface area contributed by atoms with Crippen LogP contribution in [-0.4, -0.2) is 20.9 Å². The van der Waals surface area contributed by atoms with Gasteiger partial charge in [0.25, 0.3) is 0 Å². The second-order valence-corrected chi connectivity index (χ2v) is 5.72. The highest BCUT2D eigenvalue weighted by Crippen LogP contribution is 2.21. The molecule has 2 heterocycles. The number of rotatable bonds is 4. The highest BCUT2D eigenvalue weighted by atomic mass is 32.2. The van der Waals surface area contributed by atoms with Crippen LogP contribution in [-0.2, 0) is 0 Å². The molecule has 0 saturated heterocycles. The van der Waals surface area contributed by atoms with Crippen molar-refractivity contribution in [3.8, 4) is 0 Å². The maximum atomic E-state index is 11.6. The van der Waals surface area contributed by atoms with Crippen LogP contribution in [0.2, 0.25) is 0 Å². The van der Waals surface area contributed by atoms with Gasteiger partial charge in [-0.1, -0.05) is 17.8 Å². The summed E-state index contributed by atoms with van der Waals surface area (Å²) in [6.07, 6.45) is 0. The highest BCUT2D eigenvalue weighted by molar-refractivity contribution is 8.01. The van der Waals surface area contributed by atoms with Crippen molar-refractivity contribution < 1.29 is 4.79 Å². The van der Waals surface area contributed by atoms with Gasteiger partial charge >= 0.3 is 0 Å². The summed E-state index contributed by atoms with van der Waals surface area (Å²) in [6, 6.07) is 3.73. The largest absolute Gasteiger partial charge is 0.292 e. The first kappa shape index (κ1) is 10.8. The highest BCUT2D eigenvalue weighted by Gasteiger charge is 2.09. The number of nitrogens with zero attached hydrogens (tertiary/aromatic N) is 2. The van der Waals surface area contributed by atoms with Crippen LogP contribution in [0.1, 0.15) is 15.5 Å². The minimum atomic E-state index is 0.155. The molecule has 0 atom stereocenters. The molecular formula is C9H8N2OS3. The van der Waals surface area contributed by atoms with Gasteiger partial charge in [0.2, 0.25) is 0 Å². The van der Waals surface area contributed by atoms with Crippen LogP contribution in [0.4, 0.5) is 0 Å². The second-order valence-electron chi connectivity index (χ2n) is 2.80. The average Bonchev–Trinajstić information content (AvgIpc) is 2.84. The summed E-state index contributed by atoms with van der Waals surface area (Å²) in [5.74, 6) is 1.36. The number of ketones is 1. The Morgan fingerprint density at radius 2 is 2.47 bits per heavy atom. The molecule has 2 rings (SSSR count). The molecule has 0 unspecified atom stereocenters. The van der Waals surface area contributed by atoms with Crippen LogP contribution < -0.4 is 0 Å². The van der Waals surface area contributed by atoms with Crippen molar-refractivity contribution in [2.45, 2.75) is 11.3 Å². The molecule has 0 radical (unpaired) electrons. The fourth-order valence-electron chi connectivity index (χ4n) is 0.972. The third-order valence-corrected chi connectivity index (χ3v) is 4.47. The summed E-state index contributed by atoms with van der Waals surface area (Å²) in [7, 11) is 0. The number of hydrogen-bond acceptors (Lipinski definition) is 6. The number of aryl methyl sites for hydroxylation is 1. The van der Waals surface area contributed by atoms with E-state index in [1.807, 2.05) is 24.4 Å². The van der Waals surface area contributed by atoms with Crippen molar-refractivity contribution in [2.24, 2.45) is 0 Å². The van der Waals surface area contributed by atoms with Crippen molar-refractivity contribution in [3.63, 3.8) is 0 Å². The second kappa shape index (κ2) is 4.87. The number of carbonyl (C=O) groups excluding carboxylic acids is 1. The van der Waals surface area contributed by atoms with Crippen LogP contribution in [0, 0.1) is 6.92 Å². The van der Waals surface area contributed by atoms with Gasteiger partial charge < -0.3 is 0 Å². The van der Waals surface area contributed by atoms with E-state index < -0.39 is 0 Å². The molecule has 0 aliphatic rings. The summed E-state index contributed by atoms with van der Waals surface area (Å²) in [5, 5.41) is 1.91. The Kier molecular flexibility index (Phi) is 3.50. The van der Waals surface area contributed by atoms with Gasteiger partial charge in [-0.25, -0.2) is 4.98 Å². The van der Waals surface area contributed by atoms with Crippen LogP contribution >= 0.6 is 34.6 Å². The summed E-state index contributed by atoms with van der Waals surface area (Å²) < 4.78 is 4.92. The lowest BCUT2D eigenvalue weighted by Crippen LogP contribution is -1.98. The van der Waals surface area contributed by atoms with Crippen molar-refractivity contribution in [2.75, 3.05) is 5.75 Å². The minimum Gasteiger partial charge on any atom is -0.292 e. The van der Waals surface area contributed by atoms with Gasteiger partial charge in [-0.05, 0) is 29.9 Å². The molecule has 0 N–H and O–H groups in total. The Hall–Kier alpha value is -0.720. The number of hydrogen-bond donors (Lipinski definition) is 0. The number of carbonyl (C=O) groups is 1. The first-order valence-electron chi connectivity index (χ1n) is 4.25. The third-order valence-electron chi connectivity index (χ3n) is 1.63. The Morgan fingerprint density at radius 3 is 3.07 bits per heavy atom. The predicted molar refractivity (Wildman–Crippen MR) is 64.0 cm³/mol. The smallest absolute Gasteiger partial charge is 0.183 e. The van der Waals surface area contributed by atoms with Crippen LogP contribution in [0.25, 0.3) is 0 Å². The summed E-state index contributed by atoms with van der Waals surface area (Å²) in [5.41, 5.74) is 0. The van der Waals surface area contributed by atoms with Gasteiger partial charge in [-0.2, -0.15) is 4.37 Å². The SMILES string of the molecule is Cc1nsc(SCC(=O)c2cccs2)n1. The minimum absolute atomic E-state index is 0.155. The normalized spacial score (nSPS) is 10.5. The molecule has 2 aromatic rings. The summed E-state index contributed by atoms with van der Waals surface area (Å²) in [4.78, 5) is 16.6. The Balaban J connectivity index is 1.91. The molecule has 0 aliphatic carbocycles. The van der Waals surface area contributed by atoms with Crippen molar-refractivity contribution >= 4 is 40.4 Å². The van der Waals surface area contributed by atoms with E-state index in [2.05, 4.69) is 9.36 Å². The number of thioether (sulfide) groups is 1. The Bertz CT molecular complexity index is 450. The van der Waals surface area contributed by atoms with Gasteiger partial charge in [0.1, 0.15) is 5.82 Å². The van der Waals surface area contributed by atoms with Gasteiger partial charge in [0.15, 0.2) is 10.1 Å². The third kappa shape index (κ3) is 2.87. The van der Waals surface area contributed by atoms with E-state index in [9.17, 15) is 4.79 Å². The molecule has 0 fully saturated rings. The molecule has 0 aromatic carbocycles. The molecule has 0 amide bonds. The van der Waals surface area contributed by atoms with E-state index in [0.29, 0.717) is 5.75 Å². The van der Waals surface area contributed by atoms with Crippen LogP contribution in [0.3, 0.4) is 0 Å². The standard InChI is InChI=1S/C9H8N2OS3/c1-6-10-9(15-11-6)14-5-7(12)8-3-2-4-13-8/h2-4H,5H2,1H3.